The topological polar surface area (TPSA) is 71.8 Å². The Morgan fingerprint density at radius 2 is 2.00 bits per heavy atom. The SMILES string of the molecule is CCCc1c(N)nc(Cc2ccc(F)cc2)[nH]c1=O. The van der Waals surface area contributed by atoms with Crippen LogP contribution in [0.25, 0.3) is 0 Å². The van der Waals surface area contributed by atoms with Crippen molar-refractivity contribution in [2.75, 3.05) is 5.73 Å². The minimum atomic E-state index is -0.289. The van der Waals surface area contributed by atoms with E-state index in [-0.39, 0.29) is 17.2 Å². The molecule has 0 fully saturated rings. The number of aromatic nitrogens is 2. The van der Waals surface area contributed by atoms with Crippen molar-refractivity contribution in [1.82, 2.24) is 9.97 Å². The Labute approximate surface area is 110 Å². The van der Waals surface area contributed by atoms with Crippen molar-refractivity contribution < 1.29 is 4.39 Å². The largest absolute Gasteiger partial charge is 0.383 e. The first-order chi connectivity index (χ1) is 9.10. The number of H-pyrrole nitrogens is 1. The monoisotopic (exact) mass is 261 g/mol. The molecule has 0 amide bonds. The number of nitrogens with zero attached hydrogens (tertiary/aromatic N) is 1. The highest BCUT2D eigenvalue weighted by atomic mass is 19.1. The highest BCUT2D eigenvalue weighted by Gasteiger charge is 2.08. The third-order valence-electron chi connectivity index (χ3n) is 2.88. The number of nitrogens with one attached hydrogen (secondary N) is 1. The molecule has 3 N–H and O–H groups in total. The maximum absolute atomic E-state index is 12.8. The Hall–Kier alpha value is -2.17. The normalized spacial score (nSPS) is 10.6. The fourth-order valence-electron chi connectivity index (χ4n) is 1.93. The molecule has 0 aliphatic carbocycles. The van der Waals surface area contributed by atoms with E-state index in [9.17, 15) is 9.18 Å². The molecule has 5 heteroatoms. The molecule has 0 unspecified atom stereocenters. The van der Waals surface area contributed by atoms with E-state index in [1.165, 1.54) is 12.1 Å². The van der Waals surface area contributed by atoms with Gasteiger partial charge in [0.25, 0.3) is 5.56 Å². The van der Waals surface area contributed by atoms with Gasteiger partial charge in [-0.2, -0.15) is 0 Å². The highest BCUT2D eigenvalue weighted by Crippen LogP contribution is 2.10. The van der Waals surface area contributed by atoms with Gasteiger partial charge in [-0.15, -0.1) is 0 Å². The highest BCUT2D eigenvalue weighted by molar-refractivity contribution is 5.38. The van der Waals surface area contributed by atoms with Crippen LogP contribution in [-0.2, 0) is 12.8 Å². The lowest BCUT2D eigenvalue weighted by atomic mass is 10.1. The van der Waals surface area contributed by atoms with Crippen LogP contribution in [0.15, 0.2) is 29.1 Å². The summed E-state index contributed by atoms with van der Waals surface area (Å²) in [5, 5.41) is 0. The molecule has 2 rings (SSSR count). The van der Waals surface area contributed by atoms with Gasteiger partial charge in [0.1, 0.15) is 17.5 Å². The molecule has 0 aliphatic heterocycles. The van der Waals surface area contributed by atoms with Crippen LogP contribution >= 0.6 is 0 Å². The van der Waals surface area contributed by atoms with Crippen LogP contribution in [0, 0.1) is 5.82 Å². The lowest BCUT2D eigenvalue weighted by molar-refractivity contribution is 0.627. The molecule has 0 bridgehead atoms. The Morgan fingerprint density at radius 3 is 2.58 bits per heavy atom. The second-order valence-corrected chi connectivity index (χ2v) is 4.43. The fourth-order valence-corrected chi connectivity index (χ4v) is 1.93. The maximum Gasteiger partial charge on any atom is 0.256 e. The zero-order valence-electron chi connectivity index (χ0n) is 10.7. The van der Waals surface area contributed by atoms with Crippen LogP contribution in [0.4, 0.5) is 10.2 Å². The van der Waals surface area contributed by atoms with Crippen molar-refractivity contribution in [1.29, 1.82) is 0 Å². The summed E-state index contributed by atoms with van der Waals surface area (Å²) in [6.07, 6.45) is 1.88. The number of halogens is 1. The van der Waals surface area contributed by atoms with E-state index in [1.807, 2.05) is 6.92 Å². The van der Waals surface area contributed by atoms with E-state index in [2.05, 4.69) is 9.97 Å². The van der Waals surface area contributed by atoms with E-state index < -0.39 is 0 Å². The number of rotatable bonds is 4. The first kappa shape index (κ1) is 13.3. The Morgan fingerprint density at radius 1 is 1.32 bits per heavy atom. The van der Waals surface area contributed by atoms with E-state index >= 15 is 0 Å². The van der Waals surface area contributed by atoms with Gasteiger partial charge in [0.05, 0.1) is 5.56 Å². The zero-order chi connectivity index (χ0) is 13.8. The van der Waals surface area contributed by atoms with Crippen LogP contribution in [0.2, 0.25) is 0 Å². The number of hydrogen-bond acceptors (Lipinski definition) is 3. The third kappa shape index (κ3) is 3.19. The Kier molecular flexibility index (Phi) is 3.94. The number of hydrogen-bond donors (Lipinski definition) is 2. The van der Waals surface area contributed by atoms with Gasteiger partial charge in [-0.25, -0.2) is 9.37 Å². The van der Waals surface area contributed by atoms with Crippen molar-refractivity contribution in [2.24, 2.45) is 0 Å². The van der Waals surface area contributed by atoms with Crippen molar-refractivity contribution >= 4 is 5.82 Å². The molecule has 4 nitrogen and oxygen atoms in total. The van der Waals surface area contributed by atoms with Crippen LogP contribution in [0.1, 0.15) is 30.3 Å². The van der Waals surface area contributed by atoms with Gasteiger partial charge in [0.2, 0.25) is 0 Å². The Bertz CT molecular complexity index is 620. The molecule has 0 saturated carbocycles. The fraction of sp³-hybridized carbons (Fsp3) is 0.286. The molecular formula is C14H16FN3O. The van der Waals surface area contributed by atoms with E-state index in [1.54, 1.807) is 12.1 Å². The van der Waals surface area contributed by atoms with Gasteiger partial charge in [0, 0.05) is 6.42 Å². The zero-order valence-corrected chi connectivity index (χ0v) is 10.7. The number of nitrogen functional groups attached to an aromatic ring is 1. The standard InChI is InChI=1S/C14H16FN3O/c1-2-3-11-13(16)17-12(18-14(11)19)8-9-4-6-10(15)7-5-9/h4-7H,2-3,8H2,1H3,(H3,16,17,18,19). The lowest BCUT2D eigenvalue weighted by Gasteiger charge is -2.06. The summed E-state index contributed by atoms with van der Waals surface area (Å²) in [6, 6.07) is 6.07. The number of aromatic amines is 1. The van der Waals surface area contributed by atoms with E-state index in [4.69, 9.17) is 5.73 Å². The molecule has 1 heterocycles. The van der Waals surface area contributed by atoms with E-state index in [0.29, 0.717) is 24.2 Å². The van der Waals surface area contributed by atoms with Crippen molar-refractivity contribution in [3.05, 3.63) is 57.4 Å². The minimum absolute atomic E-state index is 0.188. The van der Waals surface area contributed by atoms with Gasteiger partial charge in [-0.05, 0) is 24.1 Å². The molecule has 19 heavy (non-hydrogen) atoms. The average Bonchev–Trinajstić information content (AvgIpc) is 2.37. The number of anilines is 1. The molecular weight excluding hydrogens is 245 g/mol. The smallest absolute Gasteiger partial charge is 0.256 e. The molecule has 0 spiro atoms. The van der Waals surface area contributed by atoms with Crippen molar-refractivity contribution in [2.45, 2.75) is 26.2 Å². The summed E-state index contributed by atoms with van der Waals surface area (Å²) in [7, 11) is 0. The molecule has 1 aromatic heterocycles. The molecule has 1 aromatic carbocycles. The minimum Gasteiger partial charge on any atom is -0.383 e. The number of benzene rings is 1. The summed E-state index contributed by atoms with van der Waals surface area (Å²) in [6.45, 7) is 1.98. The molecule has 0 saturated heterocycles. The van der Waals surface area contributed by atoms with E-state index in [0.717, 1.165) is 12.0 Å². The predicted molar refractivity (Wildman–Crippen MR) is 72.5 cm³/mol. The van der Waals surface area contributed by atoms with Gasteiger partial charge in [0.15, 0.2) is 0 Å². The number of nitrogens with two attached hydrogens (primary N) is 1. The molecule has 0 aliphatic rings. The van der Waals surface area contributed by atoms with Crippen molar-refractivity contribution in [3.63, 3.8) is 0 Å². The van der Waals surface area contributed by atoms with Crippen LogP contribution in [0.3, 0.4) is 0 Å². The molecule has 2 aromatic rings. The summed E-state index contributed by atoms with van der Waals surface area (Å²) in [4.78, 5) is 18.8. The summed E-state index contributed by atoms with van der Waals surface area (Å²) in [5.41, 5.74) is 7.01. The van der Waals surface area contributed by atoms with Gasteiger partial charge < -0.3 is 10.7 Å². The summed E-state index contributed by atoms with van der Waals surface area (Å²) in [5.74, 6) is 0.486. The first-order valence-electron chi connectivity index (χ1n) is 6.22. The lowest BCUT2D eigenvalue weighted by Crippen LogP contribution is -2.19. The third-order valence-corrected chi connectivity index (χ3v) is 2.88. The molecule has 100 valence electrons. The molecule has 0 atom stereocenters. The van der Waals surface area contributed by atoms with Gasteiger partial charge in [-0.3, -0.25) is 4.79 Å². The summed E-state index contributed by atoms with van der Waals surface area (Å²) < 4.78 is 12.8. The second kappa shape index (κ2) is 5.65. The van der Waals surface area contributed by atoms with Gasteiger partial charge >= 0.3 is 0 Å². The van der Waals surface area contributed by atoms with Crippen LogP contribution < -0.4 is 11.3 Å². The van der Waals surface area contributed by atoms with Crippen LogP contribution in [-0.4, -0.2) is 9.97 Å². The van der Waals surface area contributed by atoms with Gasteiger partial charge in [-0.1, -0.05) is 25.5 Å². The predicted octanol–water partition coefficient (Wildman–Crippen LogP) is 2.03. The summed E-state index contributed by atoms with van der Waals surface area (Å²) >= 11 is 0. The Balaban J connectivity index is 2.27. The quantitative estimate of drug-likeness (QED) is 0.884. The molecule has 0 radical (unpaired) electrons. The maximum atomic E-state index is 12.8. The first-order valence-corrected chi connectivity index (χ1v) is 6.22. The average molecular weight is 261 g/mol. The van der Waals surface area contributed by atoms with Crippen molar-refractivity contribution in [3.8, 4) is 0 Å². The van der Waals surface area contributed by atoms with Crippen LogP contribution in [0.5, 0.6) is 0 Å². The second-order valence-electron chi connectivity index (χ2n) is 4.43.